The van der Waals surface area contributed by atoms with Crippen molar-refractivity contribution in [2.75, 3.05) is 0 Å². The van der Waals surface area contributed by atoms with Crippen molar-refractivity contribution in [2.24, 2.45) is 5.73 Å². The van der Waals surface area contributed by atoms with Crippen molar-refractivity contribution in [1.29, 1.82) is 0 Å². The van der Waals surface area contributed by atoms with E-state index in [4.69, 9.17) is 15.0 Å². The SMILES string of the molecule is C[C@@H](N)c1ccc(OCc2nc(C3CC3)no2)cc1. The topological polar surface area (TPSA) is 74.2 Å². The average Bonchev–Trinajstić information content (AvgIpc) is 3.16. The Labute approximate surface area is 111 Å². The number of aromatic nitrogens is 2. The van der Waals surface area contributed by atoms with E-state index in [-0.39, 0.29) is 6.04 Å². The summed E-state index contributed by atoms with van der Waals surface area (Å²) in [6.07, 6.45) is 2.33. The molecule has 1 aliphatic rings. The fraction of sp³-hybridized carbons (Fsp3) is 0.429. The van der Waals surface area contributed by atoms with Crippen LogP contribution < -0.4 is 10.5 Å². The van der Waals surface area contributed by atoms with Gasteiger partial charge in [-0.1, -0.05) is 17.3 Å². The number of benzene rings is 1. The third-order valence-electron chi connectivity index (χ3n) is 3.19. The van der Waals surface area contributed by atoms with Crippen LogP contribution in [-0.4, -0.2) is 10.1 Å². The molecule has 1 fully saturated rings. The van der Waals surface area contributed by atoms with Crippen LogP contribution in [0.25, 0.3) is 0 Å². The third-order valence-corrected chi connectivity index (χ3v) is 3.19. The van der Waals surface area contributed by atoms with Gasteiger partial charge in [0.15, 0.2) is 12.4 Å². The zero-order valence-electron chi connectivity index (χ0n) is 10.9. The van der Waals surface area contributed by atoms with E-state index < -0.39 is 0 Å². The van der Waals surface area contributed by atoms with Gasteiger partial charge < -0.3 is 15.0 Å². The summed E-state index contributed by atoms with van der Waals surface area (Å²) in [5, 5.41) is 3.95. The maximum absolute atomic E-state index is 5.79. The van der Waals surface area contributed by atoms with Crippen molar-refractivity contribution < 1.29 is 9.26 Å². The van der Waals surface area contributed by atoms with Gasteiger partial charge in [-0.05, 0) is 37.5 Å². The highest BCUT2D eigenvalue weighted by Gasteiger charge is 2.28. The lowest BCUT2D eigenvalue weighted by Crippen LogP contribution is -2.04. The molecule has 19 heavy (non-hydrogen) atoms. The van der Waals surface area contributed by atoms with Gasteiger partial charge in [0, 0.05) is 12.0 Å². The Hall–Kier alpha value is -1.88. The molecule has 0 saturated heterocycles. The lowest BCUT2D eigenvalue weighted by Gasteiger charge is -2.07. The van der Waals surface area contributed by atoms with E-state index in [1.54, 1.807) is 0 Å². The molecule has 2 aromatic rings. The molecule has 0 spiro atoms. The molecule has 100 valence electrons. The Morgan fingerprint density at radius 1 is 1.37 bits per heavy atom. The lowest BCUT2D eigenvalue weighted by atomic mass is 10.1. The zero-order valence-corrected chi connectivity index (χ0v) is 10.9. The van der Waals surface area contributed by atoms with Crippen molar-refractivity contribution in [1.82, 2.24) is 10.1 Å². The highest BCUT2D eigenvalue weighted by Crippen LogP contribution is 2.38. The second-order valence-corrected chi connectivity index (χ2v) is 4.97. The first-order valence-electron chi connectivity index (χ1n) is 6.53. The van der Waals surface area contributed by atoms with Gasteiger partial charge in [0.05, 0.1) is 0 Å². The molecule has 1 aromatic carbocycles. The molecule has 5 heteroatoms. The van der Waals surface area contributed by atoms with E-state index in [1.165, 1.54) is 12.8 Å². The molecule has 0 bridgehead atoms. The average molecular weight is 259 g/mol. The Bertz CT molecular complexity index is 544. The highest BCUT2D eigenvalue weighted by atomic mass is 16.5. The first-order valence-corrected chi connectivity index (χ1v) is 6.53. The molecule has 1 atom stereocenters. The van der Waals surface area contributed by atoms with Crippen LogP contribution in [0.4, 0.5) is 0 Å². The summed E-state index contributed by atoms with van der Waals surface area (Å²) in [6.45, 7) is 2.25. The highest BCUT2D eigenvalue weighted by molar-refractivity contribution is 5.28. The van der Waals surface area contributed by atoms with Gasteiger partial charge in [0.1, 0.15) is 5.75 Å². The molecule has 1 aliphatic carbocycles. The maximum Gasteiger partial charge on any atom is 0.264 e. The number of nitrogens with zero attached hydrogens (tertiary/aromatic N) is 2. The molecule has 1 heterocycles. The van der Waals surface area contributed by atoms with Crippen LogP contribution in [-0.2, 0) is 6.61 Å². The normalized spacial score (nSPS) is 16.3. The monoisotopic (exact) mass is 259 g/mol. The van der Waals surface area contributed by atoms with Crippen molar-refractivity contribution >= 4 is 0 Å². The minimum atomic E-state index is 0.0334. The second-order valence-electron chi connectivity index (χ2n) is 4.97. The standard InChI is InChI=1S/C14H17N3O2/c1-9(15)10-4-6-12(7-5-10)18-8-13-16-14(17-19-13)11-2-3-11/h4-7,9,11H,2-3,8,15H2,1H3/t9-/m1/s1. The second kappa shape index (κ2) is 5.01. The molecular formula is C14H17N3O2. The number of rotatable bonds is 5. The van der Waals surface area contributed by atoms with Gasteiger partial charge in [-0.25, -0.2) is 0 Å². The van der Waals surface area contributed by atoms with Gasteiger partial charge in [-0.3, -0.25) is 0 Å². The summed E-state index contributed by atoms with van der Waals surface area (Å²) in [5.41, 5.74) is 6.88. The molecule has 0 amide bonds. The Balaban J connectivity index is 1.58. The summed E-state index contributed by atoms with van der Waals surface area (Å²) in [4.78, 5) is 4.31. The molecule has 2 N–H and O–H groups in total. The van der Waals surface area contributed by atoms with E-state index >= 15 is 0 Å². The van der Waals surface area contributed by atoms with Gasteiger partial charge in [0.2, 0.25) is 0 Å². The van der Waals surface area contributed by atoms with Crippen LogP contribution in [0, 0.1) is 0 Å². The van der Waals surface area contributed by atoms with Gasteiger partial charge >= 0.3 is 0 Å². The number of nitrogens with two attached hydrogens (primary N) is 1. The largest absolute Gasteiger partial charge is 0.484 e. The zero-order chi connectivity index (χ0) is 13.2. The first-order chi connectivity index (χ1) is 9.22. The fourth-order valence-corrected chi connectivity index (χ4v) is 1.85. The molecule has 3 rings (SSSR count). The fourth-order valence-electron chi connectivity index (χ4n) is 1.85. The summed E-state index contributed by atoms with van der Waals surface area (Å²) >= 11 is 0. The van der Waals surface area contributed by atoms with E-state index in [0.717, 1.165) is 17.1 Å². The van der Waals surface area contributed by atoms with Crippen LogP contribution in [0.3, 0.4) is 0 Å². The summed E-state index contributed by atoms with van der Waals surface area (Å²) in [6, 6.07) is 7.76. The van der Waals surface area contributed by atoms with E-state index in [1.807, 2.05) is 31.2 Å². The molecule has 1 saturated carbocycles. The van der Waals surface area contributed by atoms with Crippen molar-refractivity contribution in [3.63, 3.8) is 0 Å². The lowest BCUT2D eigenvalue weighted by molar-refractivity contribution is 0.242. The Morgan fingerprint density at radius 3 is 2.74 bits per heavy atom. The number of hydrogen-bond acceptors (Lipinski definition) is 5. The van der Waals surface area contributed by atoms with Crippen LogP contribution in [0.5, 0.6) is 5.75 Å². The van der Waals surface area contributed by atoms with Crippen molar-refractivity contribution in [3.05, 3.63) is 41.5 Å². The van der Waals surface area contributed by atoms with E-state index in [9.17, 15) is 0 Å². The number of ether oxygens (including phenoxy) is 1. The minimum Gasteiger partial charge on any atom is -0.484 e. The molecule has 0 radical (unpaired) electrons. The summed E-state index contributed by atoms with van der Waals surface area (Å²) < 4.78 is 10.7. The van der Waals surface area contributed by atoms with Crippen molar-refractivity contribution in [2.45, 2.75) is 38.3 Å². The molecule has 1 aromatic heterocycles. The predicted octanol–water partition coefficient (Wildman–Crippen LogP) is 2.55. The van der Waals surface area contributed by atoms with Crippen LogP contribution in [0.1, 0.15) is 49.0 Å². The van der Waals surface area contributed by atoms with Crippen LogP contribution in [0.15, 0.2) is 28.8 Å². The maximum atomic E-state index is 5.79. The van der Waals surface area contributed by atoms with Gasteiger partial charge in [-0.2, -0.15) is 4.98 Å². The van der Waals surface area contributed by atoms with E-state index in [2.05, 4.69) is 10.1 Å². The molecule has 5 nitrogen and oxygen atoms in total. The first kappa shape index (κ1) is 12.2. The Morgan fingerprint density at radius 2 is 2.11 bits per heavy atom. The van der Waals surface area contributed by atoms with Crippen molar-refractivity contribution in [3.8, 4) is 5.75 Å². The molecule has 0 aliphatic heterocycles. The van der Waals surface area contributed by atoms with Crippen LogP contribution >= 0.6 is 0 Å². The van der Waals surface area contributed by atoms with Gasteiger partial charge in [-0.15, -0.1) is 0 Å². The smallest absolute Gasteiger partial charge is 0.264 e. The quantitative estimate of drug-likeness (QED) is 0.893. The summed E-state index contributed by atoms with van der Waals surface area (Å²) in [7, 11) is 0. The minimum absolute atomic E-state index is 0.0334. The molecular weight excluding hydrogens is 242 g/mol. The summed E-state index contributed by atoms with van der Waals surface area (Å²) in [5.74, 6) is 2.61. The third kappa shape index (κ3) is 2.93. The Kier molecular flexibility index (Phi) is 3.21. The predicted molar refractivity (Wildman–Crippen MR) is 69.6 cm³/mol. The molecule has 0 unspecified atom stereocenters. The van der Waals surface area contributed by atoms with E-state index in [0.29, 0.717) is 18.4 Å². The van der Waals surface area contributed by atoms with Crippen LogP contribution in [0.2, 0.25) is 0 Å². The number of hydrogen-bond donors (Lipinski definition) is 1. The van der Waals surface area contributed by atoms with Gasteiger partial charge in [0.25, 0.3) is 5.89 Å².